The minimum absolute atomic E-state index is 0.119. The molecule has 12 heteroatoms. The number of nitrogens with zero attached hydrogens (tertiary/aromatic N) is 2. The normalized spacial score (nSPS) is 19.3. The molecular formula is C39H42Cl2N3O7+. The summed E-state index contributed by atoms with van der Waals surface area (Å²) in [5.41, 5.74) is 3.52. The Balaban J connectivity index is 1.34. The third kappa shape index (κ3) is 8.25. The van der Waals surface area contributed by atoms with Gasteiger partial charge >= 0.3 is 11.9 Å². The molecule has 2 bridgehead atoms. The van der Waals surface area contributed by atoms with Crippen molar-refractivity contribution < 1.29 is 38.8 Å². The number of hydrogen-bond acceptors (Lipinski definition) is 8. The number of fused-ring (bicyclic) bond motifs is 3. The summed E-state index contributed by atoms with van der Waals surface area (Å²) in [6.45, 7) is 3.20. The first-order valence-electron chi connectivity index (χ1n) is 17.0. The van der Waals surface area contributed by atoms with E-state index >= 15 is 0 Å². The molecule has 4 heterocycles. The topological polar surface area (TPSA) is 121 Å². The maximum absolute atomic E-state index is 13.8. The number of ether oxygens (including phenoxy) is 3. The second-order valence-electron chi connectivity index (χ2n) is 13.0. The quantitative estimate of drug-likeness (QED) is 0.0800. The molecule has 3 aliphatic rings. The van der Waals surface area contributed by atoms with Gasteiger partial charge < -0.3 is 24.6 Å². The maximum atomic E-state index is 13.8. The van der Waals surface area contributed by atoms with Gasteiger partial charge in [-0.1, -0.05) is 71.7 Å². The van der Waals surface area contributed by atoms with E-state index in [0.29, 0.717) is 41.5 Å². The number of esters is 1. The zero-order valence-corrected chi connectivity index (χ0v) is 30.1. The average Bonchev–Trinajstić information content (AvgIpc) is 3.13. The van der Waals surface area contributed by atoms with Gasteiger partial charge in [0, 0.05) is 29.3 Å². The van der Waals surface area contributed by atoms with E-state index < -0.39 is 17.9 Å². The number of aromatic carboxylic acids is 1. The summed E-state index contributed by atoms with van der Waals surface area (Å²) in [5.74, 6) is -0.612. The Kier molecular flexibility index (Phi) is 11.7. The van der Waals surface area contributed by atoms with Gasteiger partial charge in [0.15, 0.2) is 11.5 Å². The van der Waals surface area contributed by atoms with E-state index in [2.05, 4.69) is 10.2 Å². The number of hydrogen-bond donors (Lipinski definition) is 3. The van der Waals surface area contributed by atoms with Crippen LogP contribution < -0.4 is 19.5 Å². The number of carbonyl (C=O) groups is 2. The Morgan fingerprint density at radius 2 is 1.65 bits per heavy atom. The van der Waals surface area contributed by atoms with Crippen LogP contribution >= 0.6 is 23.2 Å². The Morgan fingerprint density at radius 3 is 2.27 bits per heavy atom. The molecule has 0 spiro atoms. The van der Waals surface area contributed by atoms with Crippen molar-refractivity contribution in [3.8, 4) is 11.5 Å². The van der Waals surface area contributed by atoms with E-state index in [1.165, 1.54) is 19.5 Å². The lowest BCUT2D eigenvalue weighted by molar-refractivity contribution is -0.904. The van der Waals surface area contributed by atoms with Crippen LogP contribution in [0, 0.1) is 5.92 Å². The highest BCUT2D eigenvalue weighted by atomic mass is 35.5. The number of benzene rings is 3. The van der Waals surface area contributed by atoms with Gasteiger partial charge in [0.05, 0.1) is 19.8 Å². The lowest BCUT2D eigenvalue weighted by atomic mass is 9.80. The largest absolute Gasteiger partial charge is 0.493 e. The predicted molar refractivity (Wildman–Crippen MR) is 192 cm³/mol. The number of pyridine rings is 1. The van der Waals surface area contributed by atoms with Crippen LogP contribution in [0.25, 0.3) is 0 Å². The molecule has 0 aliphatic carbocycles. The van der Waals surface area contributed by atoms with Crippen LogP contribution in [-0.2, 0) is 22.4 Å². The zero-order valence-electron chi connectivity index (χ0n) is 28.6. The summed E-state index contributed by atoms with van der Waals surface area (Å²) in [6.07, 6.45) is 5.20. The van der Waals surface area contributed by atoms with Crippen LogP contribution in [0.5, 0.6) is 11.5 Å². The van der Waals surface area contributed by atoms with Gasteiger partial charge in [-0.2, -0.15) is 0 Å². The fourth-order valence-corrected chi connectivity index (χ4v) is 8.03. The van der Waals surface area contributed by atoms with Crippen molar-refractivity contribution in [1.29, 1.82) is 0 Å². The molecule has 10 nitrogen and oxygen atoms in total. The number of piperidine rings is 3. The molecule has 3 atom stereocenters. The molecule has 0 saturated carbocycles. The summed E-state index contributed by atoms with van der Waals surface area (Å²) in [5, 5.41) is 24.4. The number of carboxylic acids is 1. The molecule has 3 N–H and O–H groups in total. The molecule has 3 aromatic carbocycles. The standard InChI is InChI=1S/C39H41Cl2N3O7/c1-49-33-12-11-27(19-34(33)50-2)29(20-30-31(40)21-44(48)22-32(30)41)36-25(9-6-10-28(36)38(45)46)13-16-42-37(26-7-4-3-5-8-26)39(47)51-35-23-43-17-14-24(35)15-18-43/h3-12,19,21-22,24,29,35,37,42H,13-18,20,23H2,1-2H3,(H-,45,46,48)/p+1/t29-,35-,37?/m0/s1. The van der Waals surface area contributed by atoms with Gasteiger partial charge in [0.25, 0.3) is 0 Å². The third-order valence-corrected chi connectivity index (χ3v) is 10.7. The van der Waals surface area contributed by atoms with Crippen LogP contribution in [0.15, 0.2) is 79.1 Å². The highest BCUT2D eigenvalue weighted by Crippen LogP contribution is 2.40. The number of nitrogens with one attached hydrogen (secondary N) is 1. The Hall–Kier alpha value is -4.35. The maximum Gasteiger partial charge on any atom is 0.335 e. The first-order valence-corrected chi connectivity index (χ1v) is 17.8. The van der Waals surface area contributed by atoms with Crippen molar-refractivity contribution in [1.82, 2.24) is 10.2 Å². The minimum atomic E-state index is -1.09. The van der Waals surface area contributed by atoms with Gasteiger partial charge in [-0.05, 0) is 85.1 Å². The molecule has 7 rings (SSSR count). The van der Waals surface area contributed by atoms with E-state index in [1.807, 2.05) is 48.5 Å². The minimum Gasteiger partial charge on any atom is -0.493 e. The molecule has 3 saturated heterocycles. The Bertz CT molecular complexity index is 1840. The van der Waals surface area contributed by atoms with E-state index in [1.54, 1.807) is 25.3 Å². The van der Waals surface area contributed by atoms with Gasteiger partial charge in [0.2, 0.25) is 12.4 Å². The van der Waals surface area contributed by atoms with E-state index in [-0.39, 0.29) is 34.1 Å². The first kappa shape index (κ1) is 36.4. The third-order valence-electron chi connectivity index (χ3n) is 10.0. The van der Waals surface area contributed by atoms with Crippen LogP contribution in [0.3, 0.4) is 0 Å². The van der Waals surface area contributed by atoms with Gasteiger partial charge in [-0.3, -0.25) is 10.1 Å². The summed E-state index contributed by atoms with van der Waals surface area (Å²) in [7, 11) is 3.08. The molecule has 1 unspecified atom stereocenters. The summed E-state index contributed by atoms with van der Waals surface area (Å²) >= 11 is 13.2. The van der Waals surface area contributed by atoms with Gasteiger partial charge in [-0.15, -0.1) is 0 Å². The van der Waals surface area contributed by atoms with Crippen molar-refractivity contribution in [2.45, 2.75) is 43.7 Å². The van der Waals surface area contributed by atoms with E-state index in [9.17, 15) is 19.9 Å². The van der Waals surface area contributed by atoms with Crippen molar-refractivity contribution in [3.05, 3.63) is 123 Å². The number of carboxylic acid groups (broad SMARTS) is 1. The fraction of sp³-hybridized carbons (Fsp3) is 0.359. The number of methoxy groups -OCH3 is 2. The molecule has 3 fully saturated rings. The van der Waals surface area contributed by atoms with Crippen LogP contribution in [0.2, 0.25) is 10.0 Å². The molecular weight excluding hydrogens is 693 g/mol. The number of halogens is 2. The second-order valence-corrected chi connectivity index (χ2v) is 13.8. The highest BCUT2D eigenvalue weighted by molar-refractivity contribution is 6.35. The van der Waals surface area contributed by atoms with E-state index in [4.69, 9.17) is 37.4 Å². The SMILES string of the molecule is COc1ccc([C@H](Cc2c(Cl)c[n+](O)cc2Cl)c2c(CCNC(C(=O)O[C@H]3CN4CCC3CC4)c3ccccc3)cccc2C(=O)O)cc1OC. The molecule has 0 radical (unpaired) electrons. The smallest absolute Gasteiger partial charge is 0.335 e. The summed E-state index contributed by atoms with van der Waals surface area (Å²) in [4.78, 5) is 29.0. The molecule has 3 aliphatic heterocycles. The first-order chi connectivity index (χ1) is 24.7. The van der Waals surface area contributed by atoms with Gasteiger partial charge in [0.1, 0.15) is 22.2 Å². The van der Waals surface area contributed by atoms with Crippen molar-refractivity contribution in [3.63, 3.8) is 0 Å². The zero-order chi connectivity index (χ0) is 36.1. The average molecular weight is 736 g/mol. The highest BCUT2D eigenvalue weighted by Gasteiger charge is 2.38. The van der Waals surface area contributed by atoms with Crippen molar-refractivity contribution in [2.75, 3.05) is 40.4 Å². The Labute approximate surface area is 307 Å². The molecule has 1 aromatic heterocycles. The number of carbonyl (C=O) groups excluding carboxylic acids is 1. The molecule has 0 amide bonds. The number of aromatic nitrogens is 1. The Morgan fingerprint density at radius 1 is 0.941 bits per heavy atom. The van der Waals surface area contributed by atoms with Crippen LogP contribution in [-0.4, -0.2) is 73.7 Å². The molecule has 51 heavy (non-hydrogen) atoms. The van der Waals surface area contributed by atoms with Crippen LogP contribution in [0.4, 0.5) is 0 Å². The second kappa shape index (κ2) is 16.3. The summed E-state index contributed by atoms with van der Waals surface area (Å²) < 4.78 is 18.1. The van der Waals surface area contributed by atoms with E-state index in [0.717, 1.165) is 53.9 Å². The number of rotatable bonds is 14. The molecule has 268 valence electrons. The monoisotopic (exact) mass is 734 g/mol. The van der Waals surface area contributed by atoms with Crippen LogP contribution in [0.1, 0.15) is 63.0 Å². The molecule has 4 aromatic rings. The van der Waals surface area contributed by atoms with Crippen molar-refractivity contribution >= 4 is 35.1 Å². The summed E-state index contributed by atoms with van der Waals surface area (Å²) in [6, 6.07) is 19.4. The fourth-order valence-electron chi connectivity index (χ4n) is 7.42. The lowest BCUT2D eigenvalue weighted by Crippen LogP contribution is -2.52. The van der Waals surface area contributed by atoms with Gasteiger partial charge in [-0.25, -0.2) is 9.59 Å². The van der Waals surface area contributed by atoms with Crippen molar-refractivity contribution in [2.24, 2.45) is 5.92 Å². The lowest BCUT2D eigenvalue weighted by Gasteiger charge is -2.44. The predicted octanol–water partition coefficient (Wildman–Crippen LogP) is 6.12.